The zero-order chi connectivity index (χ0) is 18.1. The lowest BCUT2D eigenvalue weighted by Crippen LogP contribution is -2.41. The average molecular weight is 344 g/mol. The second-order valence-corrected chi connectivity index (χ2v) is 5.63. The third kappa shape index (κ3) is 6.63. The van der Waals surface area contributed by atoms with Crippen LogP contribution in [0.4, 0.5) is 4.39 Å². The molecule has 0 saturated heterocycles. The zero-order valence-corrected chi connectivity index (χ0v) is 14.0. The van der Waals surface area contributed by atoms with Crippen LogP contribution >= 0.6 is 0 Å². The number of carbonyl (C=O) groups excluding carboxylic acids is 2. The number of amides is 2. The van der Waals surface area contributed by atoms with Crippen LogP contribution in [0.2, 0.25) is 0 Å². The lowest BCUT2D eigenvalue weighted by molar-refractivity contribution is -0.122. The van der Waals surface area contributed by atoms with Gasteiger partial charge in [0.25, 0.3) is 5.91 Å². The molecule has 0 radical (unpaired) electrons. The van der Waals surface area contributed by atoms with E-state index in [-0.39, 0.29) is 17.9 Å². The van der Waals surface area contributed by atoms with E-state index in [4.69, 9.17) is 4.74 Å². The summed E-state index contributed by atoms with van der Waals surface area (Å²) >= 11 is 0. The van der Waals surface area contributed by atoms with Crippen molar-refractivity contribution in [2.45, 2.75) is 26.2 Å². The standard InChI is InChI=1S/C19H21FN2O3/c1-14-5-4-6-17(13-14)25-12-3-2-7-18(23)21-22-19(24)15-8-10-16(20)11-9-15/h4-6,8-11,13H,2-3,7,12H2,1H3,(H,21,23)(H,22,24). The van der Waals surface area contributed by atoms with Crippen LogP contribution in [0.3, 0.4) is 0 Å². The first-order chi connectivity index (χ1) is 12.0. The lowest BCUT2D eigenvalue weighted by Gasteiger charge is -2.08. The van der Waals surface area contributed by atoms with E-state index >= 15 is 0 Å². The molecule has 0 fully saturated rings. The maximum absolute atomic E-state index is 12.8. The van der Waals surface area contributed by atoms with Crippen LogP contribution in [-0.4, -0.2) is 18.4 Å². The number of nitrogens with one attached hydrogen (secondary N) is 2. The summed E-state index contributed by atoms with van der Waals surface area (Å²) in [6, 6.07) is 12.8. The first-order valence-corrected chi connectivity index (χ1v) is 8.09. The highest BCUT2D eigenvalue weighted by Gasteiger charge is 2.07. The van der Waals surface area contributed by atoms with E-state index in [1.54, 1.807) is 0 Å². The Kier molecular flexibility index (Phi) is 6.95. The van der Waals surface area contributed by atoms with Gasteiger partial charge in [-0.25, -0.2) is 4.39 Å². The summed E-state index contributed by atoms with van der Waals surface area (Å²) in [7, 11) is 0. The number of hydrogen-bond donors (Lipinski definition) is 2. The topological polar surface area (TPSA) is 67.4 Å². The number of halogens is 1. The molecule has 132 valence electrons. The number of carbonyl (C=O) groups is 2. The summed E-state index contributed by atoms with van der Waals surface area (Å²) in [5, 5.41) is 0. The van der Waals surface area contributed by atoms with Crippen molar-refractivity contribution in [3.8, 4) is 5.75 Å². The van der Waals surface area contributed by atoms with Gasteiger partial charge < -0.3 is 4.74 Å². The third-order valence-corrected chi connectivity index (χ3v) is 3.48. The van der Waals surface area contributed by atoms with Crippen LogP contribution < -0.4 is 15.6 Å². The highest BCUT2D eigenvalue weighted by Crippen LogP contribution is 2.12. The van der Waals surface area contributed by atoms with Gasteiger partial charge in [-0.1, -0.05) is 12.1 Å². The maximum Gasteiger partial charge on any atom is 0.269 e. The van der Waals surface area contributed by atoms with E-state index in [1.807, 2.05) is 31.2 Å². The predicted molar refractivity (Wildman–Crippen MR) is 92.5 cm³/mol. The number of benzene rings is 2. The van der Waals surface area contributed by atoms with Gasteiger partial charge in [0, 0.05) is 12.0 Å². The summed E-state index contributed by atoms with van der Waals surface area (Å²) in [6.07, 6.45) is 1.65. The van der Waals surface area contributed by atoms with Gasteiger partial charge in [0.05, 0.1) is 6.61 Å². The molecule has 2 amide bonds. The van der Waals surface area contributed by atoms with E-state index in [2.05, 4.69) is 10.9 Å². The van der Waals surface area contributed by atoms with E-state index in [9.17, 15) is 14.0 Å². The average Bonchev–Trinajstić information content (AvgIpc) is 2.60. The first kappa shape index (κ1) is 18.4. The van der Waals surface area contributed by atoms with Gasteiger partial charge in [0.15, 0.2) is 0 Å². The van der Waals surface area contributed by atoms with Crippen LogP contribution in [0.15, 0.2) is 48.5 Å². The second-order valence-electron chi connectivity index (χ2n) is 5.63. The summed E-state index contributed by atoms with van der Waals surface area (Å²) in [5.41, 5.74) is 6.04. The molecule has 0 saturated carbocycles. The Morgan fingerprint density at radius 3 is 2.52 bits per heavy atom. The molecule has 0 bridgehead atoms. The minimum absolute atomic E-state index is 0.272. The Balaban J connectivity index is 1.59. The Morgan fingerprint density at radius 2 is 1.80 bits per heavy atom. The monoisotopic (exact) mass is 344 g/mol. The SMILES string of the molecule is Cc1cccc(OCCCCC(=O)NNC(=O)c2ccc(F)cc2)c1. The lowest BCUT2D eigenvalue weighted by atomic mass is 10.2. The molecular formula is C19H21FN2O3. The van der Waals surface area contributed by atoms with Crippen molar-refractivity contribution in [2.24, 2.45) is 0 Å². The number of rotatable bonds is 7. The third-order valence-electron chi connectivity index (χ3n) is 3.48. The molecule has 2 aromatic carbocycles. The second kappa shape index (κ2) is 9.42. The van der Waals surface area contributed by atoms with Crippen molar-refractivity contribution >= 4 is 11.8 Å². The molecule has 6 heteroatoms. The number of hydrazine groups is 1. The molecule has 5 nitrogen and oxygen atoms in total. The molecule has 2 aromatic rings. The molecule has 0 spiro atoms. The molecule has 2 N–H and O–H groups in total. The van der Waals surface area contributed by atoms with Gasteiger partial charge in [-0.2, -0.15) is 0 Å². The summed E-state index contributed by atoms with van der Waals surface area (Å²) in [4.78, 5) is 23.4. The molecule has 25 heavy (non-hydrogen) atoms. The first-order valence-electron chi connectivity index (χ1n) is 8.09. The Bertz CT molecular complexity index is 717. The molecule has 0 aliphatic carbocycles. The van der Waals surface area contributed by atoms with Gasteiger partial charge >= 0.3 is 0 Å². The van der Waals surface area contributed by atoms with Crippen molar-refractivity contribution in [3.63, 3.8) is 0 Å². The van der Waals surface area contributed by atoms with E-state index < -0.39 is 11.7 Å². The molecule has 0 aromatic heterocycles. The fraction of sp³-hybridized carbons (Fsp3) is 0.263. The van der Waals surface area contributed by atoms with Crippen molar-refractivity contribution in [1.29, 1.82) is 0 Å². The molecular weight excluding hydrogens is 323 g/mol. The van der Waals surface area contributed by atoms with Gasteiger partial charge in [0.1, 0.15) is 11.6 Å². The smallest absolute Gasteiger partial charge is 0.269 e. The normalized spacial score (nSPS) is 10.2. The van der Waals surface area contributed by atoms with Crippen LogP contribution in [0, 0.1) is 12.7 Å². The Morgan fingerprint density at radius 1 is 1.04 bits per heavy atom. The van der Waals surface area contributed by atoms with Gasteiger partial charge in [-0.3, -0.25) is 20.4 Å². The summed E-state index contributed by atoms with van der Waals surface area (Å²) < 4.78 is 18.4. The minimum Gasteiger partial charge on any atom is -0.494 e. The highest BCUT2D eigenvalue weighted by molar-refractivity contribution is 5.95. The van der Waals surface area contributed by atoms with Crippen LogP contribution in [0.1, 0.15) is 35.2 Å². The van der Waals surface area contributed by atoms with Crippen LogP contribution in [0.5, 0.6) is 5.75 Å². The van der Waals surface area contributed by atoms with E-state index in [0.29, 0.717) is 13.0 Å². The van der Waals surface area contributed by atoms with E-state index in [1.165, 1.54) is 24.3 Å². The molecule has 0 unspecified atom stereocenters. The van der Waals surface area contributed by atoms with Crippen LogP contribution in [-0.2, 0) is 4.79 Å². The molecule has 2 rings (SSSR count). The van der Waals surface area contributed by atoms with Gasteiger partial charge in [0.2, 0.25) is 5.91 Å². The minimum atomic E-state index is -0.490. The fourth-order valence-electron chi connectivity index (χ4n) is 2.15. The number of aryl methyl sites for hydroxylation is 1. The largest absolute Gasteiger partial charge is 0.494 e. The summed E-state index contributed by atoms with van der Waals surface area (Å²) in [5.74, 6) is -0.383. The highest BCUT2D eigenvalue weighted by atomic mass is 19.1. The number of ether oxygens (including phenoxy) is 1. The Labute approximate surface area is 146 Å². The van der Waals surface area contributed by atoms with Gasteiger partial charge in [-0.05, 0) is 61.7 Å². The zero-order valence-electron chi connectivity index (χ0n) is 14.0. The molecule has 0 aliphatic rings. The van der Waals surface area contributed by atoms with Gasteiger partial charge in [-0.15, -0.1) is 0 Å². The molecule has 0 heterocycles. The van der Waals surface area contributed by atoms with Crippen molar-refractivity contribution in [3.05, 3.63) is 65.5 Å². The van der Waals surface area contributed by atoms with E-state index in [0.717, 1.165) is 17.7 Å². The number of unbranched alkanes of at least 4 members (excludes halogenated alkanes) is 1. The van der Waals surface area contributed by atoms with Crippen molar-refractivity contribution in [2.75, 3.05) is 6.61 Å². The fourth-order valence-corrected chi connectivity index (χ4v) is 2.15. The molecule has 0 aliphatic heterocycles. The van der Waals surface area contributed by atoms with Crippen LogP contribution in [0.25, 0.3) is 0 Å². The molecule has 0 atom stereocenters. The Hall–Kier alpha value is -2.89. The summed E-state index contributed by atoms with van der Waals surface area (Å²) in [6.45, 7) is 2.52. The predicted octanol–water partition coefficient (Wildman–Crippen LogP) is 3.14. The quantitative estimate of drug-likeness (QED) is 0.599. The number of hydrogen-bond acceptors (Lipinski definition) is 3. The maximum atomic E-state index is 12.8. The van der Waals surface area contributed by atoms with Crippen molar-refractivity contribution in [1.82, 2.24) is 10.9 Å². The van der Waals surface area contributed by atoms with Crippen molar-refractivity contribution < 1.29 is 18.7 Å².